The lowest BCUT2D eigenvalue weighted by Crippen LogP contribution is -2.09. The quantitative estimate of drug-likeness (QED) is 0.572. The van der Waals surface area contributed by atoms with Crippen LogP contribution in [0.1, 0.15) is 44.9 Å². The Morgan fingerprint density at radius 1 is 0.929 bits per heavy atom. The van der Waals surface area contributed by atoms with Crippen molar-refractivity contribution in [2.45, 2.75) is 44.9 Å². The predicted molar refractivity (Wildman–Crippen MR) is 62.2 cm³/mol. The highest BCUT2D eigenvalue weighted by Crippen LogP contribution is 2.32. The largest absolute Gasteiger partial charge is 0.0842 e. The van der Waals surface area contributed by atoms with Crippen LogP contribution in [0.4, 0.5) is 0 Å². The summed E-state index contributed by atoms with van der Waals surface area (Å²) in [4.78, 5) is 0. The van der Waals surface area contributed by atoms with Crippen molar-refractivity contribution in [2.24, 2.45) is 5.92 Å². The van der Waals surface area contributed by atoms with Gasteiger partial charge in [-0.15, -0.1) is 0 Å². The van der Waals surface area contributed by atoms with Crippen LogP contribution in [0, 0.1) is 5.92 Å². The van der Waals surface area contributed by atoms with Gasteiger partial charge in [-0.1, -0.05) is 55.2 Å². The Labute approximate surface area is 87.4 Å². The van der Waals surface area contributed by atoms with Crippen molar-refractivity contribution in [1.82, 2.24) is 0 Å². The minimum Gasteiger partial charge on any atom is -0.0842 e. The standard InChI is InChI=1S/C14H20/c1-2-5-9-13(10-6-3-1)14-11-7-4-8-12-14/h1-3,5,9,14H,4,6-8,10-12H2/b3-1?,5-2?,13-9+. The summed E-state index contributed by atoms with van der Waals surface area (Å²) in [5.74, 6) is 0.903. The van der Waals surface area contributed by atoms with E-state index in [0.29, 0.717) is 0 Å². The minimum atomic E-state index is 0.903. The second-order valence-electron chi connectivity index (χ2n) is 4.43. The summed E-state index contributed by atoms with van der Waals surface area (Å²) in [6, 6.07) is 0. The topological polar surface area (TPSA) is 0 Å². The van der Waals surface area contributed by atoms with E-state index in [2.05, 4.69) is 30.4 Å². The van der Waals surface area contributed by atoms with Gasteiger partial charge in [-0.2, -0.15) is 0 Å². The van der Waals surface area contributed by atoms with Crippen LogP contribution in [0.5, 0.6) is 0 Å². The first-order valence-corrected chi connectivity index (χ1v) is 5.99. The van der Waals surface area contributed by atoms with E-state index in [0.717, 1.165) is 5.92 Å². The zero-order chi connectivity index (χ0) is 9.64. The van der Waals surface area contributed by atoms with Crippen LogP contribution in [0.25, 0.3) is 0 Å². The first-order chi connectivity index (χ1) is 6.97. The molecule has 0 heteroatoms. The molecule has 1 saturated carbocycles. The van der Waals surface area contributed by atoms with Gasteiger partial charge in [0.15, 0.2) is 0 Å². The molecule has 0 heterocycles. The molecule has 0 saturated heterocycles. The van der Waals surface area contributed by atoms with Gasteiger partial charge >= 0.3 is 0 Å². The van der Waals surface area contributed by atoms with E-state index >= 15 is 0 Å². The third-order valence-electron chi connectivity index (χ3n) is 3.40. The molecule has 0 spiro atoms. The Kier molecular flexibility index (Phi) is 3.62. The SMILES string of the molecule is C1=C/C=C(/C2CCCCC2)CCC=C1. The van der Waals surface area contributed by atoms with Crippen LogP contribution in [0.15, 0.2) is 36.0 Å². The predicted octanol–water partition coefficient (Wildman–Crippen LogP) is 4.40. The molecule has 0 amide bonds. The molecule has 14 heavy (non-hydrogen) atoms. The van der Waals surface area contributed by atoms with Crippen LogP contribution in [0.3, 0.4) is 0 Å². The fraction of sp³-hybridized carbons (Fsp3) is 0.571. The Balaban J connectivity index is 2.00. The smallest absolute Gasteiger partial charge is 0.0200 e. The van der Waals surface area contributed by atoms with Gasteiger partial charge < -0.3 is 0 Å². The molecule has 0 aliphatic heterocycles. The molecule has 1 fully saturated rings. The molecule has 0 aromatic heterocycles. The van der Waals surface area contributed by atoms with Crippen LogP contribution in [-0.4, -0.2) is 0 Å². The van der Waals surface area contributed by atoms with Crippen molar-refractivity contribution in [3.63, 3.8) is 0 Å². The molecule has 0 aromatic rings. The highest BCUT2D eigenvalue weighted by atomic mass is 14.2. The molecule has 0 aromatic carbocycles. The maximum absolute atomic E-state index is 2.36. The van der Waals surface area contributed by atoms with Crippen LogP contribution in [0.2, 0.25) is 0 Å². The lowest BCUT2D eigenvalue weighted by atomic mass is 9.81. The van der Waals surface area contributed by atoms with E-state index in [1.165, 1.54) is 44.9 Å². The second kappa shape index (κ2) is 5.19. The molecule has 0 bridgehead atoms. The molecular weight excluding hydrogens is 168 g/mol. The van der Waals surface area contributed by atoms with Crippen molar-refractivity contribution in [3.8, 4) is 0 Å². The lowest BCUT2D eigenvalue weighted by Gasteiger charge is -2.24. The Bertz CT molecular complexity index is 249. The highest BCUT2D eigenvalue weighted by Gasteiger charge is 2.16. The van der Waals surface area contributed by atoms with Gasteiger partial charge in [-0.25, -0.2) is 0 Å². The normalized spacial score (nSPS) is 27.9. The monoisotopic (exact) mass is 188 g/mol. The zero-order valence-electron chi connectivity index (χ0n) is 8.91. The number of hydrogen-bond acceptors (Lipinski definition) is 0. The van der Waals surface area contributed by atoms with Crippen molar-refractivity contribution in [2.75, 3.05) is 0 Å². The zero-order valence-corrected chi connectivity index (χ0v) is 8.91. The summed E-state index contributed by atoms with van der Waals surface area (Å²) in [7, 11) is 0. The van der Waals surface area contributed by atoms with Gasteiger partial charge in [-0.3, -0.25) is 0 Å². The Morgan fingerprint density at radius 3 is 2.64 bits per heavy atom. The third-order valence-corrected chi connectivity index (χ3v) is 3.40. The third kappa shape index (κ3) is 2.60. The summed E-state index contributed by atoms with van der Waals surface area (Å²) in [5.41, 5.74) is 1.70. The van der Waals surface area contributed by atoms with Crippen molar-refractivity contribution in [1.29, 1.82) is 0 Å². The number of hydrogen-bond donors (Lipinski definition) is 0. The summed E-state index contributed by atoms with van der Waals surface area (Å²) in [6.45, 7) is 0. The van der Waals surface area contributed by atoms with Gasteiger partial charge in [0, 0.05) is 0 Å². The molecule has 0 radical (unpaired) electrons. The van der Waals surface area contributed by atoms with Crippen LogP contribution in [-0.2, 0) is 0 Å². The van der Waals surface area contributed by atoms with Gasteiger partial charge in [0.05, 0.1) is 0 Å². The maximum Gasteiger partial charge on any atom is -0.0200 e. The van der Waals surface area contributed by atoms with Gasteiger partial charge in [0.25, 0.3) is 0 Å². The first kappa shape index (κ1) is 9.76. The van der Waals surface area contributed by atoms with Crippen molar-refractivity contribution in [3.05, 3.63) is 36.0 Å². The summed E-state index contributed by atoms with van der Waals surface area (Å²) < 4.78 is 0. The molecule has 2 aliphatic carbocycles. The molecule has 2 aliphatic rings. The average molecular weight is 188 g/mol. The van der Waals surface area contributed by atoms with Crippen molar-refractivity contribution >= 4 is 0 Å². The van der Waals surface area contributed by atoms with E-state index in [-0.39, 0.29) is 0 Å². The molecule has 0 N–H and O–H groups in total. The maximum atomic E-state index is 2.36. The van der Waals surface area contributed by atoms with Gasteiger partial charge in [0.1, 0.15) is 0 Å². The van der Waals surface area contributed by atoms with Crippen LogP contribution < -0.4 is 0 Å². The molecule has 2 rings (SSSR count). The number of allylic oxidation sites excluding steroid dienone is 6. The number of rotatable bonds is 1. The lowest BCUT2D eigenvalue weighted by molar-refractivity contribution is 0.395. The van der Waals surface area contributed by atoms with Crippen LogP contribution >= 0.6 is 0 Å². The summed E-state index contributed by atoms with van der Waals surface area (Å²) in [5, 5.41) is 0. The van der Waals surface area contributed by atoms with E-state index in [9.17, 15) is 0 Å². The summed E-state index contributed by atoms with van der Waals surface area (Å²) in [6.07, 6.45) is 20.9. The Morgan fingerprint density at radius 2 is 1.79 bits per heavy atom. The fourth-order valence-electron chi connectivity index (χ4n) is 2.57. The molecular formula is C14H20. The highest BCUT2D eigenvalue weighted by molar-refractivity contribution is 5.21. The van der Waals surface area contributed by atoms with Crippen molar-refractivity contribution < 1.29 is 0 Å². The summed E-state index contributed by atoms with van der Waals surface area (Å²) >= 11 is 0. The molecule has 76 valence electrons. The Hall–Kier alpha value is -0.780. The van der Waals surface area contributed by atoms with E-state index in [4.69, 9.17) is 0 Å². The van der Waals surface area contributed by atoms with Gasteiger partial charge in [0.2, 0.25) is 0 Å². The minimum absolute atomic E-state index is 0.903. The first-order valence-electron chi connectivity index (χ1n) is 5.99. The molecule has 0 unspecified atom stereocenters. The van der Waals surface area contributed by atoms with E-state index in [1.807, 2.05) is 0 Å². The van der Waals surface area contributed by atoms with Gasteiger partial charge in [-0.05, 0) is 31.6 Å². The fourth-order valence-corrected chi connectivity index (χ4v) is 2.57. The van der Waals surface area contributed by atoms with E-state index in [1.54, 1.807) is 5.57 Å². The van der Waals surface area contributed by atoms with E-state index < -0.39 is 0 Å². The second-order valence-corrected chi connectivity index (χ2v) is 4.43. The average Bonchev–Trinajstić information content (AvgIpc) is 2.18. The molecule has 0 atom stereocenters. The molecule has 0 nitrogen and oxygen atoms in total.